The van der Waals surface area contributed by atoms with Gasteiger partial charge in [0.15, 0.2) is 17.1 Å². The van der Waals surface area contributed by atoms with Gasteiger partial charge in [0.1, 0.15) is 5.52 Å². The predicted octanol–water partition coefficient (Wildman–Crippen LogP) is 4.47. The number of ether oxygens (including phenoxy) is 2. The molecule has 3 aromatic rings. The fourth-order valence-corrected chi connectivity index (χ4v) is 2.68. The van der Waals surface area contributed by atoms with E-state index in [1.165, 1.54) is 0 Å². The Kier molecular flexibility index (Phi) is 3.77. The molecule has 0 radical (unpaired) electrons. The molecule has 0 bridgehead atoms. The Morgan fingerprint density at radius 1 is 1.20 bits per heavy atom. The Morgan fingerprint density at radius 2 is 2.00 bits per heavy atom. The van der Waals surface area contributed by atoms with Gasteiger partial charge in [-0.05, 0) is 24.3 Å². The number of aromatic nitrogens is 1. The zero-order valence-electron chi connectivity index (χ0n) is 13.6. The molecule has 2 heterocycles. The summed E-state index contributed by atoms with van der Waals surface area (Å²) < 4.78 is 16.5. The lowest BCUT2D eigenvalue weighted by atomic mass is 10.2. The molecule has 1 aromatic heterocycles. The van der Waals surface area contributed by atoms with Crippen LogP contribution in [0.4, 0.5) is 5.69 Å². The van der Waals surface area contributed by atoms with Crippen molar-refractivity contribution in [3.05, 3.63) is 35.4 Å². The lowest BCUT2D eigenvalue weighted by Crippen LogP contribution is -2.17. The standard InChI is InChI=1S/C18H15ClN2O4/c1-9(2)17(22)20-12-7-15-13(6-11(12)19)21-18(25-15)10-3-4-14-16(5-10)24-8-23-14/h3-7,9H,8H2,1-2H3,(H,20,22). The van der Waals surface area contributed by atoms with Crippen LogP contribution in [0.15, 0.2) is 34.7 Å². The zero-order chi connectivity index (χ0) is 17.6. The number of oxazole rings is 1. The molecule has 0 unspecified atom stereocenters. The number of nitrogens with zero attached hydrogens (tertiary/aromatic N) is 1. The third-order valence-electron chi connectivity index (χ3n) is 3.88. The largest absolute Gasteiger partial charge is 0.454 e. The van der Waals surface area contributed by atoms with Crippen molar-refractivity contribution in [2.75, 3.05) is 12.1 Å². The maximum absolute atomic E-state index is 11.9. The average Bonchev–Trinajstić information content (AvgIpc) is 3.20. The molecule has 25 heavy (non-hydrogen) atoms. The number of fused-ring (bicyclic) bond motifs is 2. The molecule has 4 rings (SSSR count). The summed E-state index contributed by atoms with van der Waals surface area (Å²) in [4.78, 5) is 16.4. The van der Waals surface area contributed by atoms with Gasteiger partial charge in [-0.2, -0.15) is 0 Å². The fourth-order valence-electron chi connectivity index (χ4n) is 2.47. The molecule has 1 N–H and O–H groups in total. The number of rotatable bonds is 3. The molecular weight excluding hydrogens is 344 g/mol. The van der Waals surface area contributed by atoms with Crippen molar-refractivity contribution in [2.45, 2.75) is 13.8 Å². The van der Waals surface area contributed by atoms with Gasteiger partial charge in [0.05, 0.1) is 10.7 Å². The fraction of sp³-hybridized carbons (Fsp3) is 0.222. The SMILES string of the molecule is CC(C)C(=O)Nc1cc2oc(-c3ccc4c(c3)OCO4)nc2cc1Cl. The number of hydrogen-bond donors (Lipinski definition) is 1. The van der Waals surface area contributed by atoms with Crippen molar-refractivity contribution in [1.29, 1.82) is 0 Å². The summed E-state index contributed by atoms with van der Waals surface area (Å²) in [5.41, 5.74) is 2.42. The highest BCUT2D eigenvalue weighted by atomic mass is 35.5. The third kappa shape index (κ3) is 2.89. The molecule has 0 fully saturated rings. The van der Waals surface area contributed by atoms with Gasteiger partial charge in [-0.15, -0.1) is 0 Å². The number of amides is 1. The quantitative estimate of drug-likeness (QED) is 0.747. The van der Waals surface area contributed by atoms with Gasteiger partial charge in [-0.1, -0.05) is 25.4 Å². The number of halogens is 1. The predicted molar refractivity (Wildman–Crippen MR) is 94.0 cm³/mol. The summed E-state index contributed by atoms with van der Waals surface area (Å²) in [6.07, 6.45) is 0. The van der Waals surface area contributed by atoms with Gasteiger partial charge >= 0.3 is 0 Å². The highest BCUT2D eigenvalue weighted by Gasteiger charge is 2.18. The van der Waals surface area contributed by atoms with Crippen molar-refractivity contribution in [1.82, 2.24) is 4.98 Å². The zero-order valence-corrected chi connectivity index (χ0v) is 14.4. The molecule has 2 aromatic carbocycles. The second kappa shape index (κ2) is 5.97. The number of anilines is 1. The van der Waals surface area contributed by atoms with Crippen LogP contribution in [0.2, 0.25) is 5.02 Å². The number of hydrogen-bond acceptors (Lipinski definition) is 5. The highest BCUT2D eigenvalue weighted by molar-refractivity contribution is 6.34. The lowest BCUT2D eigenvalue weighted by Gasteiger charge is -2.08. The summed E-state index contributed by atoms with van der Waals surface area (Å²) in [5.74, 6) is 1.53. The van der Waals surface area contributed by atoms with Crippen molar-refractivity contribution >= 4 is 34.3 Å². The van der Waals surface area contributed by atoms with Gasteiger partial charge in [0, 0.05) is 17.5 Å². The van der Waals surface area contributed by atoms with E-state index in [4.69, 9.17) is 25.5 Å². The van der Waals surface area contributed by atoms with E-state index in [0.29, 0.717) is 39.2 Å². The van der Waals surface area contributed by atoms with Crippen LogP contribution < -0.4 is 14.8 Å². The number of nitrogens with one attached hydrogen (secondary N) is 1. The van der Waals surface area contributed by atoms with Crippen LogP contribution in [0.25, 0.3) is 22.6 Å². The normalized spacial score (nSPS) is 12.8. The topological polar surface area (TPSA) is 73.6 Å². The second-order valence-electron chi connectivity index (χ2n) is 6.03. The smallest absolute Gasteiger partial charge is 0.231 e. The van der Waals surface area contributed by atoms with Crippen LogP contribution in [0.1, 0.15) is 13.8 Å². The highest BCUT2D eigenvalue weighted by Crippen LogP contribution is 2.37. The maximum atomic E-state index is 11.9. The first kappa shape index (κ1) is 15.8. The monoisotopic (exact) mass is 358 g/mol. The van der Waals surface area contributed by atoms with Crippen molar-refractivity contribution in [3.63, 3.8) is 0 Å². The van der Waals surface area contributed by atoms with E-state index >= 15 is 0 Å². The molecule has 0 atom stereocenters. The van der Waals surface area contributed by atoms with Gasteiger partial charge in [-0.25, -0.2) is 4.98 Å². The molecule has 128 valence electrons. The Bertz CT molecular complexity index is 981. The Balaban J connectivity index is 1.71. The molecule has 1 aliphatic rings. The average molecular weight is 359 g/mol. The van der Waals surface area contributed by atoms with Crippen molar-refractivity contribution < 1.29 is 18.7 Å². The first-order chi connectivity index (χ1) is 12.0. The molecule has 0 aliphatic carbocycles. The van der Waals surface area contributed by atoms with E-state index in [1.807, 2.05) is 32.0 Å². The number of benzene rings is 2. The van der Waals surface area contributed by atoms with Crippen LogP contribution >= 0.6 is 11.6 Å². The minimum Gasteiger partial charge on any atom is -0.454 e. The molecule has 6 nitrogen and oxygen atoms in total. The van der Waals surface area contributed by atoms with Crippen molar-refractivity contribution in [2.24, 2.45) is 5.92 Å². The third-order valence-corrected chi connectivity index (χ3v) is 4.19. The van der Waals surface area contributed by atoms with E-state index in [0.717, 1.165) is 5.56 Å². The van der Waals surface area contributed by atoms with Crippen LogP contribution in [0, 0.1) is 5.92 Å². The molecule has 0 spiro atoms. The Hall–Kier alpha value is -2.73. The first-order valence-electron chi connectivity index (χ1n) is 7.82. The Morgan fingerprint density at radius 3 is 2.80 bits per heavy atom. The second-order valence-corrected chi connectivity index (χ2v) is 6.44. The van der Waals surface area contributed by atoms with Crippen LogP contribution in [-0.2, 0) is 4.79 Å². The summed E-state index contributed by atoms with van der Waals surface area (Å²) in [7, 11) is 0. The summed E-state index contributed by atoms with van der Waals surface area (Å²) in [6, 6.07) is 8.83. The Labute approximate surface area is 148 Å². The van der Waals surface area contributed by atoms with Crippen LogP contribution in [0.3, 0.4) is 0 Å². The van der Waals surface area contributed by atoms with E-state index in [-0.39, 0.29) is 18.6 Å². The summed E-state index contributed by atoms with van der Waals surface area (Å²) in [5, 5.41) is 3.20. The van der Waals surface area contributed by atoms with E-state index in [2.05, 4.69) is 10.3 Å². The first-order valence-corrected chi connectivity index (χ1v) is 8.20. The molecular formula is C18H15ClN2O4. The van der Waals surface area contributed by atoms with Gasteiger partial charge in [-0.3, -0.25) is 4.79 Å². The summed E-state index contributed by atoms with van der Waals surface area (Å²) in [6.45, 7) is 3.84. The van der Waals surface area contributed by atoms with Crippen molar-refractivity contribution in [3.8, 4) is 23.0 Å². The van der Waals surface area contributed by atoms with Crippen LogP contribution in [-0.4, -0.2) is 17.7 Å². The molecule has 1 aliphatic heterocycles. The molecule has 7 heteroatoms. The number of carbonyl (C=O) groups excluding carboxylic acids is 1. The molecule has 1 amide bonds. The van der Waals surface area contributed by atoms with E-state index < -0.39 is 0 Å². The van der Waals surface area contributed by atoms with Gasteiger partial charge in [0.2, 0.25) is 18.6 Å². The van der Waals surface area contributed by atoms with Gasteiger partial charge < -0.3 is 19.2 Å². The number of carbonyl (C=O) groups is 1. The molecule has 0 saturated heterocycles. The van der Waals surface area contributed by atoms with Crippen LogP contribution in [0.5, 0.6) is 11.5 Å². The summed E-state index contributed by atoms with van der Waals surface area (Å²) >= 11 is 6.25. The van der Waals surface area contributed by atoms with Gasteiger partial charge in [0.25, 0.3) is 0 Å². The van der Waals surface area contributed by atoms with E-state index in [1.54, 1.807) is 12.1 Å². The minimum absolute atomic E-state index is 0.114. The maximum Gasteiger partial charge on any atom is 0.231 e. The minimum atomic E-state index is -0.148. The van der Waals surface area contributed by atoms with E-state index in [9.17, 15) is 4.79 Å². The lowest BCUT2D eigenvalue weighted by molar-refractivity contribution is -0.118. The molecule has 0 saturated carbocycles.